The Morgan fingerprint density at radius 1 is 1.14 bits per heavy atom. The molecule has 0 saturated carbocycles. The number of furan rings is 1. The molecule has 2 aromatic heterocycles. The number of nitrogens with two attached hydrogens (primary N) is 1. The fourth-order valence-electron chi connectivity index (χ4n) is 3.77. The number of nitrogens with zero attached hydrogens (tertiary/aromatic N) is 2. The van der Waals surface area contributed by atoms with E-state index in [0.29, 0.717) is 29.3 Å². The van der Waals surface area contributed by atoms with Crippen molar-refractivity contribution < 1.29 is 23.1 Å². The van der Waals surface area contributed by atoms with Crippen molar-refractivity contribution in [2.75, 3.05) is 11.5 Å². The number of carbonyl (C=O) groups is 1. The van der Waals surface area contributed by atoms with Gasteiger partial charge in [-0.2, -0.15) is 0 Å². The third-order valence-electron chi connectivity index (χ3n) is 5.37. The summed E-state index contributed by atoms with van der Waals surface area (Å²) in [6.07, 6.45) is 2.97. The zero-order valence-corrected chi connectivity index (χ0v) is 20.4. The molecule has 0 saturated heterocycles. The Hall–Kier alpha value is -4.33. The average molecular weight is 490 g/mol. The van der Waals surface area contributed by atoms with E-state index in [0.717, 1.165) is 11.3 Å². The van der Waals surface area contributed by atoms with E-state index in [2.05, 4.69) is 0 Å². The van der Waals surface area contributed by atoms with Gasteiger partial charge in [-0.15, -0.1) is 0 Å². The van der Waals surface area contributed by atoms with Crippen LogP contribution in [0.3, 0.4) is 0 Å². The highest BCUT2D eigenvalue weighted by Gasteiger charge is 2.22. The summed E-state index contributed by atoms with van der Waals surface area (Å²) in [4.78, 5) is 18.1. The molecule has 0 spiro atoms. The second kappa shape index (κ2) is 10.9. The fraction of sp³-hybridized carbons (Fsp3) is 0.214. The molecule has 2 heterocycles. The first-order chi connectivity index (χ1) is 17.4. The second-order valence-electron chi connectivity index (χ2n) is 8.38. The maximum absolute atomic E-state index is 15.9. The number of pyridine rings is 1. The lowest BCUT2D eigenvalue weighted by atomic mass is 10.1. The summed E-state index contributed by atoms with van der Waals surface area (Å²) in [7, 11) is 0. The fourth-order valence-corrected chi connectivity index (χ4v) is 3.77. The quantitative estimate of drug-likeness (QED) is 0.289. The highest BCUT2D eigenvalue weighted by molar-refractivity contribution is 5.93. The van der Waals surface area contributed by atoms with Crippen LogP contribution in [0.2, 0.25) is 0 Å². The third-order valence-corrected chi connectivity index (χ3v) is 5.37. The normalized spacial score (nSPS) is 10.9. The van der Waals surface area contributed by atoms with E-state index in [4.69, 9.17) is 24.6 Å². The molecule has 0 bridgehead atoms. The maximum Gasteiger partial charge on any atom is 0.248 e. The number of halogens is 1. The van der Waals surface area contributed by atoms with E-state index < -0.39 is 11.7 Å². The molecular weight excluding hydrogens is 461 g/mol. The van der Waals surface area contributed by atoms with Crippen LogP contribution in [0.25, 0.3) is 11.3 Å². The summed E-state index contributed by atoms with van der Waals surface area (Å²) >= 11 is 0. The van der Waals surface area contributed by atoms with Crippen molar-refractivity contribution in [3.8, 4) is 22.8 Å². The number of amides is 1. The van der Waals surface area contributed by atoms with Gasteiger partial charge in [0.05, 0.1) is 48.9 Å². The number of benzene rings is 2. The molecule has 36 heavy (non-hydrogen) atoms. The van der Waals surface area contributed by atoms with Gasteiger partial charge in [-0.25, -0.2) is 4.39 Å². The average Bonchev–Trinajstić information content (AvgIpc) is 3.40. The van der Waals surface area contributed by atoms with Crippen molar-refractivity contribution in [1.82, 2.24) is 4.98 Å². The van der Waals surface area contributed by atoms with Crippen LogP contribution in [-0.2, 0) is 6.54 Å². The van der Waals surface area contributed by atoms with Gasteiger partial charge in [-0.05, 0) is 63.2 Å². The van der Waals surface area contributed by atoms with Crippen LogP contribution >= 0.6 is 0 Å². The van der Waals surface area contributed by atoms with Crippen molar-refractivity contribution in [3.63, 3.8) is 0 Å². The minimum atomic E-state index is -0.542. The van der Waals surface area contributed by atoms with Crippen molar-refractivity contribution in [3.05, 3.63) is 90.3 Å². The Kier molecular flexibility index (Phi) is 7.53. The van der Waals surface area contributed by atoms with E-state index in [-0.39, 0.29) is 24.1 Å². The highest BCUT2D eigenvalue weighted by atomic mass is 19.1. The summed E-state index contributed by atoms with van der Waals surface area (Å²) in [6, 6.07) is 17.3. The Labute approximate surface area is 209 Å². The molecule has 186 valence electrons. The van der Waals surface area contributed by atoms with Gasteiger partial charge < -0.3 is 24.5 Å². The van der Waals surface area contributed by atoms with Gasteiger partial charge in [-0.1, -0.05) is 6.07 Å². The molecular formula is C28H28FN3O4. The summed E-state index contributed by atoms with van der Waals surface area (Å²) in [6.45, 7) is 6.16. The summed E-state index contributed by atoms with van der Waals surface area (Å²) in [5.41, 5.74) is 8.93. The molecule has 0 aliphatic rings. The van der Waals surface area contributed by atoms with Gasteiger partial charge in [-0.3, -0.25) is 9.78 Å². The monoisotopic (exact) mass is 489 g/mol. The summed E-state index contributed by atoms with van der Waals surface area (Å²) in [5.74, 6) is -0.509. The molecule has 2 aromatic carbocycles. The SMILES string of the molecule is CCOc1cc(OC(C)C)c(F)c(N(Cc2cccc(-c3ccoc3)n2)c2ccc(C(N)=O)cc2)c1. The smallest absolute Gasteiger partial charge is 0.248 e. The Morgan fingerprint density at radius 3 is 2.56 bits per heavy atom. The van der Waals surface area contributed by atoms with E-state index in [9.17, 15) is 4.79 Å². The Balaban J connectivity index is 1.82. The third kappa shape index (κ3) is 5.66. The zero-order valence-electron chi connectivity index (χ0n) is 20.4. The number of hydrogen-bond acceptors (Lipinski definition) is 6. The number of ether oxygens (including phenoxy) is 2. The van der Waals surface area contributed by atoms with Crippen LogP contribution in [-0.4, -0.2) is 23.6 Å². The van der Waals surface area contributed by atoms with Crippen molar-refractivity contribution >= 4 is 17.3 Å². The van der Waals surface area contributed by atoms with Crippen LogP contribution in [0.1, 0.15) is 36.8 Å². The van der Waals surface area contributed by atoms with Crippen LogP contribution in [0.15, 0.2) is 77.6 Å². The minimum Gasteiger partial charge on any atom is -0.494 e. The van der Waals surface area contributed by atoms with Gasteiger partial charge in [0, 0.05) is 28.9 Å². The predicted octanol–water partition coefficient (Wildman–Crippen LogP) is 6.10. The predicted molar refractivity (Wildman–Crippen MR) is 136 cm³/mol. The first kappa shape index (κ1) is 24.8. The van der Waals surface area contributed by atoms with Crippen LogP contribution < -0.4 is 20.1 Å². The first-order valence-corrected chi connectivity index (χ1v) is 11.6. The van der Waals surface area contributed by atoms with Crippen molar-refractivity contribution in [2.45, 2.75) is 33.4 Å². The molecule has 0 aliphatic carbocycles. The highest BCUT2D eigenvalue weighted by Crippen LogP contribution is 2.38. The number of rotatable bonds is 10. The van der Waals surface area contributed by atoms with Crippen molar-refractivity contribution in [2.24, 2.45) is 5.73 Å². The zero-order chi connectivity index (χ0) is 25.7. The van der Waals surface area contributed by atoms with E-state index in [1.54, 1.807) is 53.8 Å². The molecule has 8 heteroatoms. The number of aromatic nitrogens is 1. The van der Waals surface area contributed by atoms with Gasteiger partial charge in [0.15, 0.2) is 11.6 Å². The van der Waals surface area contributed by atoms with Crippen molar-refractivity contribution in [1.29, 1.82) is 0 Å². The van der Waals surface area contributed by atoms with E-state index >= 15 is 4.39 Å². The molecule has 2 N–H and O–H groups in total. The molecule has 0 radical (unpaired) electrons. The van der Waals surface area contributed by atoms with Crippen LogP contribution in [0.4, 0.5) is 15.8 Å². The summed E-state index contributed by atoms with van der Waals surface area (Å²) < 4.78 is 32.5. The molecule has 0 aliphatic heterocycles. The molecule has 0 fully saturated rings. The summed E-state index contributed by atoms with van der Waals surface area (Å²) in [5, 5.41) is 0. The molecule has 0 unspecified atom stereocenters. The lowest BCUT2D eigenvalue weighted by Crippen LogP contribution is -2.20. The largest absolute Gasteiger partial charge is 0.494 e. The van der Waals surface area contributed by atoms with E-state index in [1.165, 1.54) is 0 Å². The second-order valence-corrected chi connectivity index (χ2v) is 8.38. The molecule has 4 rings (SSSR count). The first-order valence-electron chi connectivity index (χ1n) is 11.6. The van der Waals surface area contributed by atoms with E-state index in [1.807, 2.05) is 45.0 Å². The lowest BCUT2D eigenvalue weighted by Gasteiger charge is -2.27. The number of primary amides is 1. The topological polar surface area (TPSA) is 90.8 Å². The molecule has 1 amide bonds. The van der Waals surface area contributed by atoms with Gasteiger partial charge in [0.25, 0.3) is 0 Å². The van der Waals surface area contributed by atoms with Gasteiger partial charge >= 0.3 is 0 Å². The molecule has 7 nitrogen and oxygen atoms in total. The maximum atomic E-state index is 15.9. The van der Waals surface area contributed by atoms with Crippen LogP contribution in [0, 0.1) is 5.82 Å². The molecule has 0 atom stereocenters. The van der Waals surface area contributed by atoms with Crippen LogP contribution in [0.5, 0.6) is 11.5 Å². The lowest BCUT2D eigenvalue weighted by molar-refractivity contribution is 0.100. The standard InChI is InChI=1S/C28H28FN3O4/c1-4-35-23-14-25(27(29)26(15-23)36-18(2)3)32(22-10-8-19(9-11-22)28(30)33)16-21-6-5-7-24(31-21)20-12-13-34-17-20/h5-15,17-18H,4,16H2,1-3H3,(H2,30,33). The Morgan fingerprint density at radius 2 is 1.92 bits per heavy atom. The number of anilines is 2. The number of hydrogen-bond donors (Lipinski definition) is 1. The minimum absolute atomic E-state index is 0.0878. The Bertz CT molecular complexity index is 1320. The van der Waals surface area contributed by atoms with Gasteiger partial charge in [0.1, 0.15) is 5.75 Å². The van der Waals surface area contributed by atoms with Gasteiger partial charge in [0.2, 0.25) is 5.91 Å². The molecule has 4 aromatic rings. The number of carbonyl (C=O) groups excluding carboxylic acids is 1.